The van der Waals surface area contributed by atoms with Crippen LogP contribution in [0.5, 0.6) is 0 Å². The summed E-state index contributed by atoms with van der Waals surface area (Å²) in [5, 5.41) is 10.1. The minimum atomic E-state index is -0.904. The van der Waals surface area contributed by atoms with Crippen molar-refractivity contribution in [3.05, 3.63) is 0 Å². The van der Waals surface area contributed by atoms with E-state index in [1.807, 2.05) is 27.7 Å². The molecule has 6 heteroatoms. The lowest BCUT2D eigenvalue weighted by Crippen LogP contribution is -2.68. The molecule has 0 aromatic heterocycles. The molecule has 6 nitrogen and oxygen atoms in total. The standard InChI is InChI=1S/C20H34O6/c1-6-7-16(21)23-17-13(3)15-9-8-12(2)14-10-11-19(4,5)25-18(24-17)20(14,15)26-22/h12-15,17-18,22H,6-11H2,1-5H3/t12-,13-,14+,15?,17?,18-,20-/m1/s1. The normalized spacial score (nSPS) is 44.7. The van der Waals surface area contributed by atoms with Crippen molar-refractivity contribution in [3.63, 3.8) is 0 Å². The molecule has 0 spiro atoms. The predicted octanol–water partition coefficient (Wildman–Crippen LogP) is 4.13. The number of hydrogen-bond donors (Lipinski definition) is 1. The zero-order valence-electron chi connectivity index (χ0n) is 16.7. The summed E-state index contributed by atoms with van der Waals surface area (Å²) in [4.78, 5) is 17.3. The summed E-state index contributed by atoms with van der Waals surface area (Å²) in [6.45, 7) is 10.3. The largest absolute Gasteiger partial charge is 0.435 e. The number of rotatable bonds is 4. The Hall–Kier alpha value is -0.690. The van der Waals surface area contributed by atoms with Gasteiger partial charge in [-0.1, -0.05) is 20.8 Å². The Bertz CT molecular complexity index is 520. The second kappa shape index (κ2) is 7.38. The van der Waals surface area contributed by atoms with Gasteiger partial charge in [0.15, 0.2) is 11.9 Å². The molecule has 3 rings (SSSR count). The molecule has 150 valence electrons. The quantitative estimate of drug-likeness (QED) is 0.456. The van der Waals surface area contributed by atoms with Gasteiger partial charge in [0, 0.05) is 18.3 Å². The van der Waals surface area contributed by atoms with Gasteiger partial charge in [-0.25, -0.2) is 4.89 Å². The average molecular weight is 370 g/mol. The van der Waals surface area contributed by atoms with Crippen molar-refractivity contribution >= 4 is 5.97 Å². The molecule has 0 bridgehead atoms. The summed E-state index contributed by atoms with van der Waals surface area (Å²) in [7, 11) is 0. The van der Waals surface area contributed by atoms with Crippen LogP contribution in [0.3, 0.4) is 0 Å². The van der Waals surface area contributed by atoms with Crippen LogP contribution in [0, 0.1) is 23.7 Å². The SMILES string of the molecule is CCCC(=O)OC1O[C@@H]2OC(C)(C)CC[C@H]3[C@H](C)CCC([C@H]1C)[C@@]23OO. The molecule has 0 amide bonds. The van der Waals surface area contributed by atoms with Gasteiger partial charge in [-0.3, -0.25) is 10.1 Å². The molecule has 3 aliphatic rings. The summed E-state index contributed by atoms with van der Waals surface area (Å²) in [5.74, 6) is 0.247. The number of carbonyl (C=O) groups is 1. The monoisotopic (exact) mass is 370 g/mol. The van der Waals surface area contributed by atoms with Crippen LogP contribution in [0.25, 0.3) is 0 Å². The Labute approximate surface area is 156 Å². The Morgan fingerprint density at radius 2 is 1.92 bits per heavy atom. The van der Waals surface area contributed by atoms with Gasteiger partial charge in [0.25, 0.3) is 0 Å². The summed E-state index contributed by atoms with van der Waals surface area (Å²) in [6.07, 6.45) is 3.42. The molecule has 1 N–H and O–H groups in total. The van der Waals surface area contributed by atoms with Gasteiger partial charge in [0.05, 0.1) is 5.60 Å². The molecule has 2 aliphatic heterocycles. The van der Waals surface area contributed by atoms with Gasteiger partial charge >= 0.3 is 5.97 Å². The van der Waals surface area contributed by atoms with E-state index < -0.39 is 23.8 Å². The Kier molecular flexibility index (Phi) is 5.69. The molecular weight excluding hydrogens is 336 g/mol. The molecule has 26 heavy (non-hydrogen) atoms. The van der Waals surface area contributed by atoms with E-state index in [2.05, 4.69) is 6.92 Å². The first-order valence-corrected chi connectivity index (χ1v) is 10.1. The van der Waals surface area contributed by atoms with Gasteiger partial charge in [0.2, 0.25) is 6.29 Å². The fourth-order valence-corrected chi connectivity index (χ4v) is 5.34. The van der Waals surface area contributed by atoms with Crippen LogP contribution < -0.4 is 0 Å². The fourth-order valence-electron chi connectivity index (χ4n) is 5.34. The van der Waals surface area contributed by atoms with Crippen molar-refractivity contribution < 1.29 is 29.1 Å². The molecule has 1 aliphatic carbocycles. The van der Waals surface area contributed by atoms with E-state index in [1.54, 1.807) is 0 Å². The maximum Gasteiger partial charge on any atom is 0.308 e. The Morgan fingerprint density at radius 3 is 2.58 bits per heavy atom. The molecule has 0 aromatic carbocycles. The highest BCUT2D eigenvalue weighted by Crippen LogP contribution is 2.57. The van der Waals surface area contributed by atoms with Gasteiger partial charge < -0.3 is 14.2 Å². The van der Waals surface area contributed by atoms with Crippen LogP contribution in [0.1, 0.15) is 73.1 Å². The minimum absolute atomic E-state index is 0.0146. The van der Waals surface area contributed by atoms with Crippen molar-refractivity contribution in [2.45, 2.75) is 96.9 Å². The molecule has 2 heterocycles. The predicted molar refractivity (Wildman–Crippen MR) is 95.0 cm³/mol. The summed E-state index contributed by atoms with van der Waals surface area (Å²) >= 11 is 0. The number of esters is 1. The topological polar surface area (TPSA) is 74.2 Å². The van der Waals surface area contributed by atoms with E-state index in [0.29, 0.717) is 12.3 Å². The lowest BCUT2D eigenvalue weighted by Gasteiger charge is -2.57. The van der Waals surface area contributed by atoms with Crippen LogP contribution in [0.15, 0.2) is 0 Å². The Morgan fingerprint density at radius 1 is 1.19 bits per heavy atom. The van der Waals surface area contributed by atoms with Crippen LogP contribution in [0.4, 0.5) is 0 Å². The van der Waals surface area contributed by atoms with Gasteiger partial charge in [-0.15, -0.1) is 0 Å². The lowest BCUT2D eigenvalue weighted by atomic mass is 9.58. The van der Waals surface area contributed by atoms with E-state index in [-0.39, 0.29) is 23.7 Å². The van der Waals surface area contributed by atoms with Crippen molar-refractivity contribution in [1.29, 1.82) is 0 Å². The van der Waals surface area contributed by atoms with Crippen LogP contribution in [-0.4, -0.2) is 35.0 Å². The van der Waals surface area contributed by atoms with E-state index >= 15 is 0 Å². The maximum absolute atomic E-state index is 12.1. The van der Waals surface area contributed by atoms with Crippen LogP contribution >= 0.6 is 0 Å². The smallest absolute Gasteiger partial charge is 0.308 e. The third-order valence-corrected chi connectivity index (χ3v) is 6.81. The zero-order valence-corrected chi connectivity index (χ0v) is 16.7. The van der Waals surface area contributed by atoms with Gasteiger partial charge in [-0.2, -0.15) is 0 Å². The third-order valence-electron chi connectivity index (χ3n) is 6.81. The average Bonchev–Trinajstić information content (AvgIpc) is 2.69. The van der Waals surface area contributed by atoms with Crippen molar-refractivity contribution in [1.82, 2.24) is 0 Å². The van der Waals surface area contributed by atoms with Crippen LogP contribution in [0.2, 0.25) is 0 Å². The highest BCUT2D eigenvalue weighted by Gasteiger charge is 2.66. The van der Waals surface area contributed by atoms with Crippen molar-refractivity contribution in [2.24, 2.45) is 23.7 Å². The number of hydrogen-bond acceptors (Lipinski definition) is 6. The molecule has 2 unspecified atom stereocenters. The minimum Gasteiger partial charge on any atom is -0.435 e. The second-order valence-corrected chi connectivity index (χ2v) is 9.06. The molecule has 2 saturated heterocycles. The van der Waals surface area contributed by atoms with E-state index in [9.17, 15) is 10.1 Å². The van der Waals surface area contributed by atoms with Gasteiger partial charge in [-0.05, 0) is 57.8 Å². The number of ether oxygens (including phenoxy) is 3. The van der Waals surface area contributed by atoms with Crippen molar-refractivity contribution in [2.75, 3.05) is 0 Å². The highest BCUT2D eigenvalue weighted by molar-refractivity contribution is 5.69. The highest BCUT2D eigenvalue weighted by atomic mass is 17.1. The van der Waals surface area contributed by atoms with E-state index in [1.165, 1.54) is 0 Å². The number of carbonyl (C=O) groups excluding carboxylic acids is 1. The van der Waals surface area contributed by atoms with Gasteiger partial charge in [0.1, 0.15) is 0 Å². The molecule has 3 fully saturated rings. The van der Waals surface area contributed by atoms with E-state index in [0.717, 1.165) is 32.1 Å². The molecule has 0 radical (unpaired) electrons. The molecule has 1 saturated carbocycles. The third kappa shape index (κ3) is 3.30. The zero-order chi connectivity index (χ0) is 19.1. The lowest BCUT2D eigenvalue weighted by molar-refractivity contribution is -0.460. The summed E-state index contributed by atoms with van der Waals surface area (Å²) in [5.41, 5.74) is -1.30. The van der Waals surface area contributed by atoms with Crippen molar-refractivity contribution in [3.8, 4) is 0 Å². The Balaban J connectivity index is 1.95. The molecule has 7 atom stereocenters. The summed E-state index contributed by atoms with van der Waals surface area (Å²) < 4.78 is 18.1. The summed E-state index contributed by atoms with van der Waals surface area (Å²) in [6, 6.07) is 0. The fraction of sp³-hybridized carbons (Fsp3) is 0.950. The molecular formula is C20H34O6. The first-order chi connectivity index (χ1) is 12.2. The molecule has 0 aromatic rings. The van der Waals surface area contributed by atoms with Crippen LogP contribution in [-0.2, 0) is 23.9 Å². The first kappa shape index (κ1) is 20.1. The second-order valence-electron chi connectivity index (χ2n) is 9.06. The van der Waals surface area contributed by atoms with E-state index in [4.69, 9.17) is 19.1 Å². The first-order valence-electron chi connectivity index (χ1n) is 10.1. The maximum atomic E-state index is 12.1.